The van der Waals surface area contributed by atoms with E-state index in [4.69, 9.17) is 4.74 Å². The fourth-order valence-electron chi connectivity index (χ4n) is 2.46. The van der Waals surface area contributed by atoms with Gasteiger partial charge < -0.3 is 4.74 Å². The first-order valence-electron chi connectivity index (χ1n) is 4.94. The maximum Gasteiger partial charge on any atom is 0.167 e. The van der Waals surface area contributed by atoms with Crippen molar-refractivity contribution in [3.8, 4) is 0 Å². The molecule has 1 saturated carbocycles. The van der Waals surface area contributed by atoms with Crippen molar-refractivity contribution < 1.29 is 9.53 Å². The van der Waals surface area contributed by atoms with Gasteiger partial charge in [0, 0.05) is 6.42 Å². The van der Waals surface area contributed by atoms with Crippen LogP contribution in [0.25, 0.3) is 0 Å². The quantitative estimate of drug-likeness (QED) is 0.553. The van der Waals surface area contributed by atoms with E-state index < -0.39 is 0 Å². The molecule has 1 atom stereocenters. The molecule has 1 heterocycles. The molecule has 2 heteroatoms. The van der Waals surface area contributed by atoms with E-state index >= 15 is 0 Å². The predicted octanol–water partition coefficient (Wildman–Crippen LogP) is 2.07. The van der Waals surface area contributed by atoms with Crippen LogP contribution in [0.4, 0.5) is 0 Å². The smallest absolute Gasteiger partial charge is 0.167 e. The summed E-state index contributed by atoms with van der Waals surface area (Å²) in [5.74, 6) is 0.356. The first-order chi connectivity index (χ1) is 5.73. The number of carbonyl (C=O) groups excluding carboxylic acids is 1. The molecule has 0 aromatic rings. The van der Waals surface area contributed by atoms with Crippen molar-refractivity contribution in [2.75, 3.05) is 0 Å². The van der Waals surface area contributed by atoms with Crippen LogP contribution in [0.3, 0.4) is 0 Å². The molecule has 1 unspecified atom stereocenters. The number of ether oxygens (including phenoxy) is 1. The predicted molar refractivity (Wildman–Crippen MR) is 46.0 cm³/mol. The van der Waals surface area contributed by atoms with Crippen molar-refractivity contribution in [1.82, 2.24) is 0 Å². The number of ketones is 1. The molecule has 1 saturated heterocycles. The van der Waals surface area contributed by atoms with Gasteiger partial charge >= 0.3 is 0 Å². The summed E-state index contributed by atoms with van der Waals surface area (Å²) in [6.07, 6.45) is 6.34. The second-order valence-corrected chi connectivity index (χ2v) is 4.11. The molecule has 2 rings (SSSR count). The Morgan fingerprint density at radius 2 is 2.00 bits per heavy atom. The minimum atomic E-state index is -0.336. The largest absolute Gasteiger partial charge is 0.364 e. The standard InChI is InChI=1S/C10H16O2/c1-8-7-9(11)10(12-8)5-3-2-4-6-10/h8H,2-7H2,1H3. The lowest BCUT2D eigenvalue weighted by atomic mass is 9.82. The van der Waals surface area contributed by atoms with Crippen LogP contribution in [0.5, 0.6) is 0 Å². The molecule has 1 aliphatic heterocycles. The molecule has 0 amide bonds. The summed E-state index contributed by atoms with van der Waals surface area (Å²) in [5.41, 5.74) is -0.336. The van der Waals surface area contributed by atoms with Gasteiger partial charge in [0.15, 0.2) is 5.78 Å². The molecule has 0 bridgehead atoms. The molecule has 2 aliphatic rings. The van der Waals surface area contributed by atoms with E-state index in [-0.39, 0.29) is 11.7 Å². The van der Waals surface area contributed by atoms with Crippen molar-refractivity contribution >= 4 is 5.78 Å². The molecule has 0 aromatic heterocycles. The molecule has 2 nitrogen and oxygen atoms in total. The summed E-state index contributed by atoms with van der Waals surface area (Å²) in [4.78, 5) is 11.6. The second kappa shape index (κ2) is 2.84. The van der Waals surface area contributed by atoms with Gasteiger partial charge in [-0.15, -0.1) is 0 Å². The molecule has 1 aliphatic carbocycles. The molecular weight excluding hydrogens is 152 g/mol. The number of hydrogen-bond donors (Lipinski definition) is 0. The molecule has 0 N–H and O–H groups in total. The third-order valence-electron chi connectivity index (χ3n) is 3.07. The van der Waals surface area contributed by atoms with Gasteiger partial charge in [0.05, 0.1) is 6.10 Å². The van der Waals surface area contributed by atoms with Crippen molar-refractivity contribution in [2.45, 2.75) is 57.2 Å². The zero-order valence-electron chi connectivity index (χ0n) is 7.64. The average molecular weight is 168 g/mol. The van der Waals surface area contributed by atoms with Gasteiger partial charge in [0.2, 0.25) is 0 Å². The number of carbonyl (C=O) groups is 1. The first kappa shape index (κ1) is 8.24. The Bertz CT molecular complexity index is 192. The van der Waals surface area contributed by atoms with E-state index in [2.05, 4.69) is 0 Å². The van der Waals surface area contributed by atoms with Crippen LogP contribution in [-0.2, 0) is 9.53 Å². The van der Waals surface area contributed by atoms with Crippen LogP contribution in [0.2, 0.25) is 0 Å². The van der Waals surface area contributed by atoms with Gasteiger partial charge in [-0.2, -0.15) is 0 Å². The highest BCUT2D eigenvalue weighted by Crippen LogP contribution is 2.39. The van der Waals surface area contributed by atoms with E-state index in [1.165, 1.54) is 19.3 Å². The van der Waals surface area contributed by atoms with E-state index in [1.807, 2.05) is 6.92 Å². The summed E-state index contributed by atoms with van der Waals surface area (Å²) >= 11 is 0. The fourth-order valence-corrected chi connectivity index (χ4v) is 2.46. The Morgan fingerprint density at radius 1 is 1.33 bits per heavy atom. The van der Waals surface area contributed by atoms with Crippen molar-refractivity contribution in [1.29, 1.82) is 0 Å². The van der Waals surface area contributed by atoms with Gasteiger partial charge in [0.1, 0.15) is 5.60 Å². The van der Waals surface area contributed by atoms with Crippen molar-refractivity contribution in [3.05, 3.63) is 0 Å². The van der Waals surface area contributed by atoms with E-state index in [1.54, 1.807) is 0 Å². The van der Waals surface area contributed by atoms with E-state index in [0.29, 0.717) is 12.2 Å². The molecule has 2 fully saturated rings. The molecule has 68 valence electrons. The Morgan fingerprint density at radius 3 is 2.50 bits per heavy atom. The highest BCUT2D eigenvalue weighted by molar-refractivity contribution is 5.89. The molecule has 0 aromatic carbocycles. The van der Waals surface area contributed by atoms with Gasteiger partial charge in [-0.25, -0.2) is 0 Å². The van der Waals surface area contributed by atoms with Gasteiger partial charge in [-0.3, -0.25) is 4.79 Å². The SMILES string of the molecule is CC1CC(=O)C2(CCCCC2)O1. The normalized spacial score (nSPS) is 34.4. The highest BCUT2D eigenvalue weighted by Gasteiger charge is 2.46. The summed E-state index contributed by atoms with van der Waals surface area (Å²) in [6.45, 7) is 2.00. The molecule has 1 spiro atoms. The second-order valence-electron chi connectivity index (χ2n) is 4.11. The Kier molecular flexibility index (Phi) is 1.95. The first-order valence-corrected chi connectivity index (χ1v) is 4.94. The Labute approximate surface area is 73.3 Å². The van der Waals surface area contributed by atoms with Crippen LogP contribution in [0.15, 0.2) is 0 Å². The Hall–Kier alpha value is -0.370. The number of hydrogen-bond acceptors (Lipinski definition) is 2. The maximum absolute atomic E-state index is 11.6. The van der Waals surface area contributed by atoms with Gasteiger partial charge in [-0.1, -0.05) is 19.3 Å². The summed E-state index contributed by atoms with van der Waals surface area (Å²) < 4.78 is 5.75. The summed E-state index contributed by atoms with van der Waals surface area (Å²) in [6, 6.07) is 0. The van der Waals surface area contributed by atoms with Gasteiger partial charge in [0.25, 0.3) is 0 Å². The number of Topliss-reactive ketones (excluding diaryl/α,β-unsaturated/α-hetero) is 1. The highest BCUT2D eigenvalue weighted by atomic mass is 16.5. The summed E-state index contributed by atoms with van der Waals surface area (Å²) in [7, 11) is 0. The van der Waals surface area contributed by atoms with Crippen LogP contribution in [0.1, 0.15) is 45.4 Å². The molecule has 12 heavy (non-hydrogen) atoms. The zero-order chi connectivity index (χ0) is 8.60. The average Bonchev–Trinajstić information content (AvgIpc) is 2.29. The van der Waals surface area contributed by atoms with E-state index in [9.17, 15) is 4.79 Å². The minimum Gasteiger partial charge on any atom is -0.364 e. The van der Waals surface area contributed by atoms with Gasteiger partial charge in [-0.05, 0) is 19.8 Å². The summed E-state index contributed by atoms with van der Waals surface area (Å²) in [5, 5.41) is 0. The van der Waals surface area contributed by atoms with Crippen molar-refractivity contribution in [2.24, 2.45) is 0 Å². The minimum absolute atomic E-state index is 0.163. The number of rotatable bonds is 0. The monoisotopic (exact) mass is 168 g/mol. The van der Waals surface area contributed by atoms with Crippen LogP contribution < -0.4 is 0 Å². The molecule has 0 radical (unpaired) electrons. The zero-order valence-corrected chi connectivity index (χ0v) is 7.64. The molecular formula is C10H16O2. The third-order valence-corrected chi connectivity index (χ3v) is 3.07. The van der Waals surface area contributed by atoms with Crippen LogP contribution in [0, 0.1) is 0 Å². The third kappa shape index (κ3) is 1.18. The fraction of sp³-hybridized carbons (Fsp3) is 0.900. The topological polar surface area (TPSA) is 26.3 Å². The lowest BCUT2D eigenvalue weighted by Crippen LogP contribution is -2.38. The van der Waals surface area contributed by atoms with E-state index in [0.717, 1.165) is 12.8 Å². The Balaban J connectivity index is 2.13. The lowest BCUT2D eigenvalue weighted by Gasteiger charge is -2.31. The maximum atomic E-state index is 11.6. The lowest BCUT2D eigenvalue weighted by molar-refractivity contribution is -0.136. The van der Waals surface area contributed by atoms with Crippen molar-refractivity contribution in [3.63, 3.8) is 0 Å². The van der Waals surface area contributed by atoms with Crippen LogP contribution in [-0.4, -0.2) is 17.5 Å². The van der Waals surface area contributed by atoms with Crippen LogP contribution >= 0.6 is 0 Å².